The van der Waals surface area contributed by atoms with Gasteiger partial charge in [-0.05, 0) is 0 Å². The Bertz CT molecular complexity index is 219. The van der Waals surface area contributed by atoms with E-state index in [1.807, 2.05) is 0 Å². The lowest BCUT2D eigenvalue weighted by molar-refractivity contribution is -0.886. The number of nitrogens with two attached hydrogens (primary N) is 1. The van der Waals surface area contributed by atoms with E-state index in [9.17, 15) is 4.39 Å². The van der Waals surface area contributed by atoms with Crippen LogP contribution in [-0.4, -0.2) is 7.11 Å². The number of hydrogen-bond acceptors (Lipinski definition) is 2. The van der Waals surface area contributed by atoms with Crippen LogP contribution in [0.4, 0.5) is 10.1 Å². The summed E-state index contributed by atoms with van der Waals surface area (Å²) in [6.45, 7) is 0. The molecule has 0 saturated heterocycles. The third-order valence-electron chi connectivity index (χ3n) is 1.04. The second kappa shape index (κ2) is 2.51. The largest absolute Gasteiger partial charge is 0.394 e. The highest BCUT2D eigenvalue weighted by atomic mass is 19.1. The molecule has 1 aromatic rings. The summed E-state index contributed by atoms with van der Waals surface area (Å²) in [6, 6.07) is 1.22. The molecule has 2 N–H and O–H groups in total. The summed E-state index contributed by atoms with van der Waals surface area (Å²) in [5.41, 5.74) is 5.63. The average molecular weight is 143 g/mol. The fraction of sp³-hybridized carbons (Fsp3) is 0.167. The predicted octanol–water partition coefficient (Wildman–Crippen LogP) is -0.246. The minimum atomic E-state index is -0.415. The Balaban J connectivity index is 3.06. The normalized spacial score (nSPS) is 9.40. The van der Waals surface area contributed by atoms with Crippen molar-refractivity contribution in [3.05, 3.63) is 24.3 Å². The van der Waals surface area contributed by atoms with E-state index >= 15 is 0 Å². The number of pyridine rings is 1. The molecule has 0 aliphatic heterocycles. The molecule has 1 aromatic heterocycles. The van der Waals surface area contributed by atoms with Gasteiger partial charge in [0.25, 0.3) is 6.20 Å². The van der Waals surface area contributed by atoms with Crippen molar-refractivity contribution in [3.63, 3.8) is 0 Å². The zero-order valence-electron chi connectivity index (χ0n) is 5.54. The maximum atomic E-state index is 12.4. The van der Waals surface area contributed by atoms with E-state index in [0.29, 0.717) is 5.69 Å². The van der Waals surface area contributed by atoms with E-state index in [1.54, 1.807) is 0 Å². The zero-order valence-corrected chi connectivity index (χ0v) is 5.54. The summed E-state index contributed by atoms with van der Waals surface area (Å²) in [5.74, 6) is -0.415. The Labute approximate surface area is 57.8 Å². The first-order valence-electron chi connectivity index (χ1n) is 2.74. The van der Waals surface area contributed by atoms with Crippen molar-refractivity contribution in [2.24, 2.45) is 0 Å². The smallest absolute Gasteiger partial charge is 0.258 e. The molecule has 0 spiro atoms. The first-order chi connectivity index (χ1) is 4.72. The quantitative estimate of drug-likeness (QED) is 0.551. The second-order valence-corrected chi connectivity index (χ2v) is 1.83. The summed E-state index contributed by atoms with van der Waals surface area (Å²) in [5, 5.41) is 0. The summed E-state index contributed by atoms with van der Waals surface area (Å²) in [4.78, 5) is 4.67. The number of halogens is 1. The first-order valence-corrected chi connectivity index (χ1v) is 2.74. The van der Waals surface area contributed by atoms with Gasteiger partial charge in [-0.1, -0.05) is 0 Å². The van der Waals surface area contributed by atoms with Crippen molar-refractivity contribution in [3.8, 4) is 0 Å². The van der Waals surface area contributed by atoms with Crippen molar-refractivity contribution in [2.45, 2.75) is 0 Å². The average Bonchev–Trinajstić information content (AvgIpc) is 1.85. The lowest BCUT2D eigenvalue weighted by atomic mass is 10.4. The van der Waals surface area contributed by atoms with Crippen LogP contribution in [0.1, 0.15) is 0 Å². The molecule has 54 valence electrons. The third-order valence-corrected chi connectivity index (χ3v) is 1.04. The van der Waals surface area contributed by atoms with E-state index in [2.05, 4.69) is 4.84 Å². The molecule has 0 fully saturated rings. The highest BCUT2D eigenvalue weighted by Crippen LogP contribution is 1.98. The highest BCUT2D eigenvalue weighted by molar-refractivity contribution is 5.31. The number of nitrogen functional groups attached to an aromatic ring is 1. The topological polar surface area (TPSA) is 39.1 Å². The summed E-state index contributed by atoms with van der Waals surface area (Å²) >= 11 is 0. The number of hydrogen-bond donors (Lipinski definition) is 1. The highest BCUT2D eigenvalue weighted by Gasteiger charge is 2.03. The van der Waals surface area contributed by atoms with E-state index in [-0.39, 0.29) is 0 Å². The molecule has 0 aliphatic rings. The van der Waals surface area contributed by atoms with E-state index in [1.165, 1.54) is 30.3 Å². The van der Waals surface area contributed by atoms with Gasteiger partial charge in [0.2, 0.25) is 6.20 Å². The Kier molecular flexibility index (Phi) is 1.71. The molecule has 0 bridgehead atoms. The third kappa shape index (κ3) is 1.34. The van der Waals surface area contributed by atoms with Crippen LogP contribution >= 0.6 is 0 Å². The Morgan fingerprint density at radius 2 is 2.30 bits per heavy atom. The maximum absolute atomic E-state index is 12.4. The molecule has 0 unspecified atom stereocenters. The molecule has 0 aromatic carbocycles. The molecular formula is C6H8FN2O+. The summed E-state index contributed by atoms with van der Waals surface area (Å²) in [6.07, 6.45) is 2.67. The number of anilines is 1. The molecule has 0 saturated carbocycles. The predicted molar refractivity (Wildman–Crippen MR) is 33.5 cm³/mol. The van der Waals surface area contributed by atoms with Crippen LogP contribution in [0.15, 0.2) is 18.5 Å². The second-order valence-electron chi connectivity index (χ2n) is 1.83. The van der Waals surface area contributed by atoms with Crippen molar-refractivity contribution >= 4 is 5.69 Å². The van der Waals surface area contributed by atoms with Crippen LogP contribution in [0.3, 0.4) is 0 Å². The van der Waals surface area contributed by atoms with Gasteiger partial charge in [0, 0.05) is 10.8 Å². The van der Waals surface area contributed by atoms with Gasteiger partial charge in [0.1, 0.15) is 12.8 Å². The van der Waals surface area contributed by atoms with Gasteiger partial charge in [0.05, 0.1) is 0 Å². The molecule has 0 radical (unpaired) electrons. The fourth-order valence-electron chi connectivity index (χ4n) is 0.645. The van der Waals surface area contributed by atoms with E-state index in [0.717, 1.165) is 0 Å². The van der Waals surface area contributed by atoms with Crippen LogP contribution in [0, 0.1) is 5.82 Å². The number of aromatic nitrogens is 1. The van der Waals surface area contributed by atoms with Gasteiger partial charge in [-0.2, -0.15) is 0 Å². The fourth-order valence-corrected chi connectivity index (χ4v) is 0.645. The minimum absolute atomic E-state index is 0.335. The van der Waals surface area contributed by atoms with Crippen molar-refractivity contribution < 1.29 is 14.0 Å². The Hall–Kier alpha value is -1.32. The van der Waals surface area contributed by atoms with Crippen molar-refractivity contribution in [2.75, 3.05) is 12.8 Å². The number of nitrogens with zero attached hydrogens (tertiary/aromatic N) is 1. The van der Waals surface area contributed by atoms with Gasteiger partial charge in [-0.15, -0.1) is 0 Å². The summed E-state index contributed by atoms with van der Waals surface area (Å²) < 4.78 is 13.6. The van der Waals surface area contributed by atoms with Crippen molar-refractivity contribution in [1.29, 1.82) is 0 Å². The Morgan fingerprint density at radius 1 is 1.60 bits per heavy atom. The molecule has 3 nitrogen and oxygen atoms in total. The van der Waals surface area contributed by atoms with Gasteiger partial charge in [0.15, 0.2) is 5.82 Å². The molecule has 0 amide bonds. The van der Waals surface area contributed by atoms with Crippen LogP contribution in [0.5, 0.6) is 0 Å². The van der Waals surface area contributed by atoms with Crippen LogP contribution in [0.2, 0.25) is 0 Å². The van der Waals surface area contributed by atoms with E-state index in [4.69, 9.17) is 5.73 Å². The molecule has 4 heteroatoms. The Morgan fingerprint density at radius 3 is 2.80 bits per heavy atom. The summed E-state index contributed by atoms with van der Waals surface area (Å²) in [7, 11) is 1.43. The van der Waals surface area contributed by atoms with E-state index < -0.39 is 5.82 Å². The SMILES string of the molecule is CO[n+]1cc(N)cc(F)c1. The van der Waals surface area contributed by atoms with Gasteiger partial charge < -0.3 is 5.73 Å². The molecule has 10 heavy (non-hydrogen) atoms. The standard InChI is InChI=1S/C6H8FN2O/c1-10-9-3-5(7)2-6(8)4-9/h2-4H,8H2,1H3/q+1. The molecule has 1 rings (SSSR count). The zero-order chi connectivity index (χ0) is 7.56. The van der Waals surface area contributed by atoms with Crippen molar-refractivity contribution in [1.82, 2.24) is 0 Å². The lowest BCUT2D eigenvalue weighted by Gasteiger charge is -1.91. The lowest BCUT2D eigenvalue weighted by Crippen LogP contribution is -2.40. The maximum Gasteiger partial charge on any atom is 0.258 e. The van der Waals surface area contributed by atoms with Gasteiger partial charge in [-0.25, -0.2) is 4.39 Å². The van der Waals surface area contributed by atoms with Gasteiger partial charge in [-0.3, -0.25) is 4.84 Å². The minimum Gasteiger partial charge on any atom is -0.394 e. The molecule has 1 heterocycles. The number of rotatable bonds is 1. The molecule has 0 aliphatic carbocycles. The van der Waals surface area contributed by atoms with Crippen LogP contribution < -0.4 is 15.3 Å². The molecule has 0 atom stereocenters. The monoisotopic (exact) mass is 143 g/mol. The first kappa shape index (κ1) is 6.80. The van der Waals surface area contributed by atoms with Gasteiger partial charge >= 0.3 is 0 Å². The van der Waals surface area contributed by atoms with Crippen LogP contribution in [-0.2, 0) is 0 Å². The van der Waals surface area contributed by atoms with Crippen LogP contribution in [0.25, 0.3) is 0 Å². The molecular weight excluding hydrogens is 135 g/mol.